The molecule has 0 spiro atoms. The highest BCUT2D eigenvalue weighted by Gasteiger charge is 2.53. The lowest BCUT2D eigenvalue weighted by molar-refractivity contribution is -0.0228. The molecule has 0 bridgehead atoms. The maximum absolute atomic E-state index is 10.3. The van der Waals surface area contributed by atoms with E-state index in [1.165, 1.54) is 0 Å². The van der Waals surface area contributed by atoms with Gasteiger partial charge in [0.2, 0.25) is 0 Å². The van der Waals surface area contributed by atoms with E-state index in [1.54, 1.807) is 0 Å². The molecule has 2 N–H and O–H groups in total. The van der Waals surface area contributed by atoms with E-state index in [9.17, 15) is 5.11 Å². The second kappa shape index (κ2) is 3.25. The maximum atomic E-state index is 10.3. The molecular weight excluding hydrogens is 162 g/mol. The average molecular weight is 185 g/mol. The van der Waals surface area contributed by atoms with E-state index in [-0.39, 0.29) is 5.54 Å². The molecule has 1 aliphatic rings. The number of rotatable bonds is 2. The normalized spacial score (nSPS) is 45.9. The van der Waals surface area contributed by atoms with E-state index in [0.717, 1.165) is 12.8 Å². The molecule has 1 rings (SSSR count). The lowest BCUT2D eigenvalue weighted by Crippen LogP contribution is -2.59. The minimum absolute atomic E-state index is 0.124. The van der Waals surface area contributed by atoms with Gasteiger partial charge in [0, 0.05) is 5.54 Å². The molecule has 1 fully saturated rings. The minimum Gasteiger partial charge on any atom is -0.388 e. The second-order valence-corrected chi connectivity index (χ2v) is 5.12. The van der Waals surface area contributed by atoms with Gasteiger partial charge in [0.25, 0.3) is 0 Å². The summed E-state index contributed by atoms with van der Waals surface area (Å²) >= 11 is 0. The third-order valence-corrected chi connectivity index (χ3v) is 4.13. The van der Waals surface area contributed by atoms with Crippen molar-refractivity contribution in [1.82, 2.24) is 5.32 Å². The first kappa shape index (κ1) is 11.0. The van der Waals surface area contributed by atoms with E-state index in [2.05, 4.69) is 26.1 Å². The quantitative estimate of drug-likeness (QED) is 0.687. The monoisotopic (exact) mass is 185 g/mol. The molecule has 13 heavy (non-hydrogen) atoms. The van der Waals surface area contributed by atoms with Crippen molar-refractivity contribution in [2.75, 3.05) is 7.05 Å². The Bertz CT molecular complexity index is 189. The second-order valence-electron chi connectivity index (χ2n) is 5.12. The SMILES string of the molecule is CN[C@@]1(C)[C@H](C(C)C)CC[C@]1(C)O. The molecule has 2 nitrogen and oxygen atoms in total. The highest BCUT2D eigenvalue weighted by Crippen LogP contribution is 2.46. The molecule has 78 valence electrons. The van der Waals surface area contributed by atoms with Crippen LogP contribution in [-0.4, -0.2) is 23.3 Å². The third kappa shape index (κ3) is 1.50. The Labute approximate surface area is 81.7 Å². The standard InChI is InChI=1S/C11H23NO/c1-8(2)9-6-7-10(3,13)11(9,4)12-5/h8-9,12-13H,6-7H2,1-5H3/t9-,10-,11-/m0/s1. The number of hydrogen-bond acceptors (Lipinski definition) is 2. The number of likely N-dealkylation sites (N-methyl/N-ethyl adjacent to an activating group) is 1. The highest BCUT2D eigenvalue weighted by atomic mass is 16.3. The van der Waals surface area contributed by atoms with Gasteiger partial charge < -0.3 is 10.4 Å². The van der Waals surface area contributed by atoms with E-state index in [0.29, 0.717) is 11.8 Å². The molecule has 1 saturated carbocycles. The topological polar surface area (TPSA) is 32.3 Å². The fraction of sp³-hybridized carbons (Fsp3) is 1.00. The van der Waals surface area contributed by atoms with Gasteiger partial charge >= 0.3 is 0 Å². The van der Waals surface area contributed by atoms with Crippen LogP contribution in [0.2, 0.25) is 0 Å². The van der Waals surface area contributed by atoms with E-state index in [1.807, 2.05) is 14.0 Å². The lowest BCUT2D eigenvalue weighted by atomic mass is 9.75. The molecule has 3 atom stereocenters. The summed E-state index contributed by atoms with van der Waals surface area (Å²) in [6, 6.07) is 0. The summed E-state index contributed by atoms with van der Waals surface area (Å²) in [6.07, 6.45) is 2.04. The van der Waals surface area contributed by atoms with Gasteiger partial charge in [-0.1, -0.05) is 13.8 Å². The van der Waals surface area contributed by atoms with Crippen LogP contribution >= 0.6 is 0 Å². The predicted molar refractivity (Wildman–Crippen MR) is 55.7 cm³/mol. The molecule has 0 aliphatic heterocycles. The summed E-state index contributed by atoms with van der Waals surface area (Å²) in [7, 11) is 1.95. The van der Waals surface area contributed by atoms with Gasteiger partial charge in [-0.25, -0.2) is 0 Å². The van der Waals surface area contributed by atoms with Crippen molar-refractivity contribution in [1.29, 1.82) is 0 Å². The van der Waals surface area contributed by atoms with Crippen LogP contribution in [0.4, 0.5) is 0 Å². The van der Waals surface area contributed by atoms with Crippen LogP contribution in [-0.2, 0) is 0 Å². The summed E-state index contributed by atoms with van der Waals surface area (Å²) in [5.74, 6) is 1.21. The first-order valence-corrected chi connectivity index (χ1v) is 5.26. The number of hydrogen-bond donors (Lipinski definition) is 2. The minimum atomic E-state index is -0.559. The Morgan fingerprint density at radius 3 is 2.23 bits per heavy atom. The van der Waals surface area contributed by atoms with Crippen molar-refractivity contribution in [2.45, 2.75) is 51.7 Å². The molecule has 0 unspecified atom stereocenters. The Morgan fingerprint density at radius 2 is 1.92 bits per heavy atom. The van der Waals surface area contributed by atoms with E-state index >= 15 is 0 Å². The maximum Gasteiger partial charge on any atom is 0.0800 e. The molecule has 0 saturated heterocycles. The highest BCUT2D eigenvalue weighted by molar-refractivity contribution is 5.09. The first-order chi connectivity index (χ1) is 5.85. The molecule has 0 aromatic carbocycles. The van der Waals surface area contributed by atoms with Crippen molar-refractivity contribution in [3.8, 4) is 0 Å². The number of nitrogens with one attached hydrogen (secondary N) is 1. The fourth-order valence-corrected chi connectivity index (χ4v) is 2.84. The van der Waals surface area contributed by atoms with Crippen molar-refractivity contribution in [3.63, 3.8) is 0 Å². The Balaban J connectivity index is 2.93. The van der Waals surface area contributed by atoms with Crippen molar-refractivity contribution >= 4 is 0 Å². The Morgan fingerprint density at radius 1 is 1.38 bits per heavy atom. The summed E-state index contributed by atoms with van der Waals surface area (Å²) in [5.41, 5.74) is -0.683. The summed E-state index contributed by atoms with van der Waals surface area (Å²) in [4.78, 5) is 0. The molecular formula is C11H23NO. The van der Waals surface area contributed by atoms with Crippen LogP contribution in [0.5, 0.6) is 0 Å². The van der Waals surface area contributed by atoms with Crippen LogP contribution in [0, 0.1) is 11.8 Å². The van der Waals surface area contributed by atoms with Crippen molar-refractivity contribution in [2.24, 2.45) is 11.8 Å². The van der Waals surface area contributed by atoms with Gasteiger partial charge in [-0.15, -0.1) is 0 Å². The average Bonchev–Trinajstić information content (AvgIpc) is 2.25. The molecule has 0 aromatic rings. The van der Waals surface area contributed by atoms with Crippen LogP contribution in [0.1, 0.15) is 40.5 Å². The van der Waals surface area contributed by atoms with Crippen LogP contribution in [0.15, 0.2) is 0 Å². The molecule has 0 heterocycles. The van der Waals surface area contributed by atoms with Gasteiger partial charge in [0.15, 0.2) is 0 Å². The zero-order valence-corrected chi connectivity index (χ0v) is 9.52. The first-order valence-electron chi connectivity index (χ1n) is 5.26. The molecule has 0 radical (unpaired) electrons. The smallest absolute Gasteiger partial charge is 0.0800 e. The van der Waals surface area contributed by atoms with Gasteiger partial charge in [-0.05, 0) is 45.6 Å². The Hall–Kier alpha value is -0.0800. The van der Waals surface area contributed by atoms with Crippen LogP contribution in [0.25, 0.3) is 0 Å². The summed E-state index contributed by atoms with van der Waals surface area (Å²) in [5, 5.41) is 13.6. The van der Waals surface area contributed by atoms with E-state index < -0.39 is 5.60 Å². The fourth-order valence-electron chi connectivity index (χ4n) is 2.84. The summed E-state index contributed by atoms with van der Waals surface area (Å²) < 4.78 is 0. The Kier molecular flexibility index (Phi) is 2.75. The lowest BCUT2D eigenvalue weighted by Gasteiger charge is -2.42. The van der Waals surface area contributed by atoms with E-state index in [4.69, 9.17) is 0 Å². The molecule has 2 heteroatoms. The van der Waals surface area contributed by atoms with Gasteiger partial charge in [-0.3, -0.25) is 0 Å². The molecule has 0 amide bonds. The summed E-state index contributed by atoms with van der Waals surface area (Å²) in [6.45, 7) is 8.57. The third-order valence-electron chi connectivity index (χ3n) is 4.13. The molecule has 1 aliphatic carbocycles. The van der Waals surface area contributed by atoms with Crippen molar-refractivity contribution < 1.29 is 5.11 Å². The zero-order chi connectivity index (χ0) is 10.3. The van der Waals surface area contributed by atoms with Crippen molar-refractivity contribution in [3.05, 3.63) is 0 Å². The van der Waals surface area contributed by atoms with Gasteiger partial charge in [-0.2, -0.15) is 0 Å². The van der Waals surface area contributed by atoms with Crippen LogP contribution in [0.3, 0.4) is 0 Å². The predicted octanol–water partition coefficient (Wildman–Crippen LogP) is 1.78. The number of aliphatic hydroxyl groups is 1. The van der Waals surface area contributed by atoms with Crippen LogP contribution < -0.4 is 5.32 Å². The van der Waals surface area contributed by atoms with Gasteiger partial charge in [0.1, 0.15) is 0 Å². The van der Waals surface area contributed by atoms with Gasteiger partial charge in [0.05, 0.1) is 5.60 Å². The largest absolute Gasteiger partial charge is 0.388 e. The molecule has 0 aromatic heterocycles. The zero-order valence-electron chi connectivity index (χ0n) is 9.52.